The van der Waals surface area contributed by atoms with E-state index >= 15 is 0 Å². The van der Waals surface area contributed by atoms with Gasteiger partial charge in [0.15, 0.2) is 9.84 Å². The maximum atomic E-state index is 12.3. The van der Waals surface area contributed by atoms with Crippen LogP contribution >= 0.6 is 11.3 Å². The third kappa shape index (κ3) is 4.46. The van der Waals surface area contributed by atoms with Crippen molar-refractivity contribution in [1.29, 1.82) is 0 Å². The minimum Gasteiger partial charge on any atom is -0.326 e. The molecule has 0 aliphatic rings. The molecule has 0 unspecified atom stereocenters. The number of thiophene rings is 1. The van der Waals surface area contributed by atoms with Crippen LogP contribution in [0.4, 0.5) is 5.69 Å². The van der Waals surface area contributed by atoms with Crippen LogP contribution in [0.15, 0.2) is 58.8 Å². The highest BCUT2D eigenvalue weighted by Gasteiger charge is 2.15. The van der Waals surface area contributed by atoms with E-state index in [2.05, 4.69) is 5.32 Å². The van der Waals surface area contributed by atoms with Gasteiger partial charge >= 0.3 is 0 Å². The van der Waals surface area contributed by atoms with Gasteiger partial charge in [0.1, 0.15) is 0 Å². The molecular formula is C19H19NO3S2. The number of carbonyl (C=O) groups is 1. The van der Waals surface area contributed by atoms with Crippen LogP contribution < -0.4 is 5.32 Å². The molecule has 1 N–H and O–H groups in total. The number of hydrogen-bond acceptors (Lipinski definition) is 4. The first-order valence-electron chi connectivity index (χ1n) is 8.01. The quantitative estimate of drug-likeness (QED) is 0.696. The van der Waals surface area contributed by atoms with Crippen LogP contribution in [-0.2, 0) is 14.6 Å². The lowest BCUT2D eigenvalue weighted by Crippen LogP contribution is -2.14. The molecule has 130 valence electrons. The first kappa shape index (κ1) is 17.6. The Kier molecular flexibility index (Phi) is 5.20. The molecule has 1 aromatic heterocycles. The molecule has 0 saturated carbocycles. The molecule has 0 aliphatic carbocycles. The molecule has 0 aliphatic heterocycles. The van der Waals surface area contributed by atoms with Gasteiger partial charge in [-0.2, -0.15) is 0 Å². The van der Waals surface area contributed by atoms with Crippen LogP contribution in [0.2, 0.25) is 0 Å². The van der Waals surface area contributed by atoms with Crippen molar-refractivity contribution in [3.8, 4) is 0 Å². The zero-order valence-electron chi connectivity index (χ0n) is 13.9. The van der Waals surface area contributed by atoms with E-state index in [-0.39, 0.29) is 18.1 Å². The van der Waals surface area contributed by atoms with Gasteiger partial charge in [-0.3, -0.25) is 4.79 Å². The summed E-state index contributed by atoms with van der Waals surface area (Å²) < 4.78 is 25.7. The minimum atomic E-state index is -3.35. The third-order valence-corrected chi connectivity index (χ3v) is 6.65. The number of rotatable bonds is 6. The molecule has 2 aromatic carbocycles. The van der Waals surface area contributed by atoms with Gasteiger partial charge in [0.25, 0.3) is 0 Å². The summed E-state index contributed by atoms with van der Waals surface area (Å²) in [7, 11) is -3.35. The smallest absolute Gasteiger partial charge is 0.224 e. The maximum absolute atomic E-state index is 12.3. The lowest BCUT2D eigenvalue weighted by molar-refractivity contribution is -0.116. The van der Waals surface area contributed by atoms with Crippen molar-refractivity contribution in [2.45, 2.75) is 24.7 Å². The number of carbonyl (C=O) groups excluding carboxylic acids is 1. The van der Waals surface area contributed by atoms with Crippen molar-refractivity contribution in [1.82, 2.24) is 0 Å². The molecule has 1 amide bonds. The summed E-state index contributed by atoms with van der Waals surface area (Å²) in [6.45, 7) is 1.91. The SMILES string of the molecule is Cc1ccc(S(=O)(=O)CCCC(=O)Nc2ccc3sccc3c2)cc1. The lowest BCUT2D eigenvalue weighted by Gasteiger charge is -2.07. The maximum Gasteiger partial charge on any atom is 0.224 e. The number of amides is 1. The zero-order chi connectivity index (χ0) is 17.9. The van der Waals surface area contributed by atoms with Crippen LogP contribution in [0, 0.1) is 6.92 Å². The van der Waals surface area contributed by atoms with E-state index in [0.29, 0.717) is 11.3 Å². The zero-order valence-corrected chi connectivity index (χ0v) is 15.5. The van der Waals surface area contributed by atoms with Crippen molar-refractivity contribution in [3.05, 3.63) is 59.5 Å². The lowest BCUT2D eigenvalue weighted by atomic mass is 10.2. The Morgan fingerprint density at radius 2 is 1.84 bits per heavy atom. The van der Waals surface area contributed by atoms with Crippen molar-refractivity contribution in [2.75, 3.05) is 11.1 Å². The summed E-state index contributed by atoms with van der Waals surface area (Å²) in [5.41, 5.74) is 1.75. The molecule has 6 heteroatoms. The number of sulfone groups is 1. The summed E-state index contributed by atoms with van der Waals surface area (Å²) >= 11 is 1.65. The largest absolute Gasteiger partial charge is 0.326 e. The summed E-state index contributed by atoms with van der Waals surface area (Å²) in [4.78, 5) is 12.4. The van der Waals surface area contributed by atoms with Gasteiger partial charge in [0.05, 0.1) is 10.6 Å². The van der Waals surface area contributed by atoms with Crippen molar-refractivity contribution < 1.29 is 13.2 Å². The van der Waals surface area contributed by atoms with Gasteiger partial charge in [-0.15, -0.1) is 11.3 Å². The van der Waals surface area contributed by atoms with Gasteiger partial charge < -0.3 is 5.32 Å². The van der Waals surface area contributed by atoms with E-state index in [1.807, 2.05) is 36.6 Å². The molecule has 25 heavy (non-hydrogen) atoms. The average Bonchev–Trinajstić information content (AvgIpc) is 3.02. The molecule has 0 saturated heterocycles. The van der Waals surface area contributed by atoms with Crippen molar-refractivity contribution in [3.63, 3.8) is 0 Å². The van der Waals surface area contributed by atoms with E-state index in [1.54, 1.807) is 35.6 Å². The molecule has 3 aromatic rings. The second kappa shape index (κ2) is 7.37. The van der Waals surface area contributed by atoms with Crippen LogP contribution in [0.3, 0.4) is 0 Å². The highest BCUT2D eigenvalue weighted by atomic mass is 32.2. The fourth-order valence-corrected chi connectivity index (χ4v) is 4.64. The Hall–Kier alpha value is -2.18. The Labute approximate surface area is 151 Å². The number of aryl methyl sites for hydroxylation is 1. The number of hydrogen-bond donors (Lipinski definition) is 1. The van der Waals surface area contributed by atoms with Crippen LogP contribution in [0.5, 0.6) is 0 Å². The number of anilines is 1. The molecule has 0 bridgehead atoms. The summed E-state index contributed by atoms with van der Waals surface area (Å²) in [5.74, 6) is -0.207. The van der Waals surface area contributed by atoms with E-state index in [9.17, 15) is 13.2 Å². The molecule has 0 fully saturated rings. The normalized spacial score (nSPS) is 11.6. The van der Waals surface area contributed by atoms with E-state index in [0.717, 1.165) is 16.6 Å². The number of nitrogens with one attached hydrogen (secondary N) is 1. The topological polar surface area (TPSA) is 63.2 Å². The first-order valence-corrected chi connectivity index (χ1v) is 10.5. The van der Waals surface area contributed by atoms with E-state index in [4.69, 9.17) is 0 Å². The molecule has 0 radical (unpaired) electrons. The molecular weight excluding hydrogens is 354 g/mol. The number of fused-ring (bicyclic) bond motifs is 1. The Balaban J connectivity index is 1.54. The van der Waals surface area contributed by atoms with Crippen molar-refractivity contribution >= 4 is 42.9 Å². The Morgan fingerprint density at radius 1 is 1.08 bits per heavy atom. The standard InChI is InChI=1S/C19H19NO3S2/c1-14-4-7-17(8-5-14)25(22,23)12-2-3-19(21)20-16-6-9-18-15(13-16)10-11-24-18/h4-11,13H,2-3,12H2,1H3,(H,20,21). The van der Waals surface area contributed by atoms with Gasteiger partial charge in [-0.25, -0.2) is 8.42 Å². The predicted molar refractivity (Wildman–Crippen MR) is 103 cm³/mol. The predicted octanol–water partition coefficient (Wildman–Crippen LogP) is 4.40. The molecule has 1 heterocycles. The number of benzene rings is 2. The van der Waals surface area contributed by atoms with E-state index < -0.39 is 9.84 Å². The second-order valence-electron chi connectivity index (χ2n) is 5.96. The summed E-state index contributed by atoms with van der Waals surface area (Å²) in [6, 6.07) is 14.5. The van der Waals surface area contributed by atoms with Crippen LogP contribution in [0.1, 0.15) is 18.4 Å². The summed E-state index contributed by atoms with van der Waals surface area (Å²) in [6.07, 6.45) is 0.468. The second-order valence-corrected chi connectivity index (χ2v) is 9.01. The fraction of sp³-hybridized carbons (Fsp3) is 0.211. The highest BCUT2D eigenvalue weighted by Crippen LogP contribution is 2.24. The van der Waals surface area contributed by atoms with Crippen LogP contribution in [0.25, 0.3) is 10.1 Å². The fourth-order valence-electron chi connectivity index (χ4n) is 2.55. The first-order chi connectivity index (χ1) is 11.9. The minimum absolute atomic E-state index is 0.0347. The molecule has 0 spiro atoms. The third-order valence-electron chi connectivity index (χ3n) is 3.93. The van der Waals surface area contributed by atoms with Gasteiger partial charge in [-0.1, -0.05) is 17.7 Å². The monoisotopic (exact) mass is 373 g/mol. The van der Waals surface area contributed by atoms with Gasteiger partial charge in [-0.05, 0) is 60.5 Å². The molecule has 3 rings (SSSR count). The highest BCUT2D eigenvalue weighted by molar-refractivity contribution is 7.91. The Bertz CT molecular complexity index is 989. The Morgan fingerprint density at radius 3 is 2.60 bits per heavy atom. The molecule has 0 atom stereocenters. The van der Waals surface area contributed by atoms with Gasteiger partial charge in [0, 0.05) is 16.8 Å². The molecule has 4 nitrogen and oxygen atoms in total. The van der Waals surface area contributed by atoms with Crippen molar-refractivity contribution in [2.24, 2.45) is 0 Å². The van der Waals surface area contributed by atoms with Crippen LogP contribution in [-0.4, -0.2) is 20.1 Å². The van der Waals surface area contributed by atoms with Gasteiger partial charge in [0.2, 0.25) is 5.91 Å². The van der Waals surface area contributed by atoms with E-state index in [1.165, 1.54) is 4.70 Å². The average molecular weight is 373 g/mol. The summed E-state index contributed by atoms with van der Waals surface area (Å²) in [5, 5.41) is 5.92.